The molecule has 1 heterocycles. The lowest BCUT2D eigenvalue weighted by Crippen LogP contribution is -2.45. The average Bonchev–Trinajstić information content (AvgIpc) is 2.96. The Morgan fingerprint density at radius 2 is 1.86 bits per heavy atom. The van der Waals surface area contributed by atoms with Gasteiger partial charge in [0.1, 0.15) is 23.9 Å². The van der Waals surface area contributed by atoms with Crippen molar-refractivity contribution in [1.29, 1.82) is 0 Å². The molecular formula is C30H28ClFN4O5S. The van der Waals surface area contributed by atoms with Crippen molar-refractivity contribution >= 4 is 47.0 Å². The third-order valence-electron chi connectivity index (χ3n) is 6.06. The summed E-state index contributed by atoms with van der Waals surface area (Å²) in [6.07, 6.45) is 1.37. The molecule has 9 nitrogen and oxygen atoms in total. The minimum absolute atomic E-state index is 0.00200. The summed E-state index contributed by atoms with van der Waals surface area (Å²) in [6, 6.07) is 17.5. The van der Waals surface area contributed by atoms with Crippen LogP contribution in [0.2, 0.25) is 5.02 Å². The molecule has 0 saturated heterocycles. The predicted molar refractivity (Wildman–Crippen MR) is 161 cm³/mol. The van der Waals surface area contributed by atoms with Gasteiger partial charge >= 0.3 is 5.97 Å². The van der Waals surface area contributed by atoms with Crippen molar-refractivity contribution in [2.75, 3.05) is 13.2 Å². The highest BCUT2D eigenvalue weighted by Gasteiger charge is 2.32. The minimum Gasteiger partial charge on any atom is -0.488 e. The normalized spacial score (nSPS) is 14.7. The molecule has 1 amide bonds. The van der Waals surface area contributed by atoms with Crippen molar-refractivity contribution in [3.8, 4) is 11.5 Å². The number of hydrogen-bond donors (Lipinski definition) is 3. The summed E-state index contributed by atoms with van der Waals surface area (Å²) in [5.74, 6) is -0.644. The summed E-state index contributed by atoms with van der Waals surface area (Å²) in [7, 11) is 0. The zero-order chi connectivity index (χ0) is 30.1. The molecule has 3 aromatic rings. The summed E-state index contributed by atoms with van der Waals surface area (Å²) < 4.78 is 30.8. The van der Waals surface area contributed by atoms with Crippen LogP contribution < -0.4 is 25.5 Å². The Bertz CT molecular complexity index is 1550. The molecule has 12 heteroatoms. The SMILES string of the molecule is CCOC(=O)C1=C(C)NC(=S)N[C@@H]1c1ccccc1OCC(=O)NN=Cc1cc(Cl)ccc1OCc1ccccc1F. The molecule has 0 saturated carbocycles. The lowest BCUT2D eigenvalue weighted by atomic mass is 9.95. The molecule has 0 aromatic heterocycles. The van der Waals surface area contributed by atoms with Gasteiger partial charge in [0.2, 0.25) is 0 Å². The Morgan fingerprint density at radius 1 is 1.10 bits per heavy atom. The molecule has 0 unspecified atom stereocenters. The van der Waals surface area contributed by atoms with E-state index in [-0.39, 0.29) is 25.6 Å². The molecule has 0 aliphatic carbocycles. The van der Waals surface area contributed by atoms with Crippen molar-refractivity contribution in [2.45, 2.75) is 26.5 Å². The van der Waals surface area contributed by atoms with Gasteiger partial charge in [-0.25, -0.2) is 14.6 Å². The number of amides is 1. The van der Waals surface area contributed by atoms with Crippen LogP contribution in [0, 0.1) is 5.82 Å². The predicted octanol–water partition coefficient (Wildman–Crippen LogP) is 4.94. The summed E-state index contributed by atoms with van der Waals surface area (Å²) >= 11 is 11.4. The maximum absolute atomic E-state index is 14.0. The van der Waals surface area contributed by atoms with Gasteiger partial charge in [-0.1, -0.05) is 48.0 Å². The number of nitrogens with one attached hydrogen (secondary N) is 3. The second-order valence-corrected chi connectivity index (χ2v) is 9.82. The quantitative estimate of drug-likeness (QED) is 0.121. The Balaban J connectivity index is 1.42. The van der Waals surface area contributed by atoms with E-state index >= 15 is 0 Å². The molecule has 1 aliphatic heterocycles. The highest BCUT2D eigenvalue weighted by molar-refractivity contribution is 7.80. The molecule has 3 aromatic carbocycles. The van der Waals surface area contributed by atoms with Crippen LogP contribution in [0.25, 0.3) is 0 Å². The number of ether oxygens (including phenoxy) is 3. The Kier molecular flexibility index (Phi) is 10.5. The first-order valence-corrected chi connectivity index (χ1v) is 13.7. The number of para-hydroxylation sites is 1. The van der Waals surface area contributed by atoms with Gasteiger partial charge < -0.3 is 24.8 Å². The maximum Gasteiger partial charge on any atom is 0.338 e. The maximum atomic E-state index is 14.0. The van der Waals surface area contributed by atoms with Gasteiger partial charge in [0.15, 0.2) is 11.7 Å². The van der Waals surface area contributed by atoms with Gasteiger partial charge in [-0.3, -0.25) is 4.79 Å². The summed E-state index contributed by atoms with van der Waals surface area (Å²) in [4.78, 5) is 25.3. The number of benzene rings is 3. The van der Waals surface area contributed by atoms with Crippen LogP contribution >= 0.6 is 23.8 Å². The molecule has 3 N–H and O–H groups in total. The Hall–Kier alpha value is -4.48. The van der Waals surface area contributed by atoms with Crippen LogP contribution in [-0.4, -0.2) is 36.4 Å². The van der Waals surface area contributed by atoms with Crippen molar-refractivity contribution in [3.63, 3.8) is 0 Å². The number of hydrazone groups is 1. The fourth-order valence-electron chi connectivity index (χ4n) is 4.13. The van der Waals surface area contributed by atoms with Crippen LogP contribution in [0.4, 0.5) is 4.39 Å². The lowest BCUT2D eigenvalue weighted by molar-refractivity contribution is -0.139. The van der Waals surface area contributed by atoms with E-state index < -0.39 is 17.9 Å². The van der Waals surface area contributed by atoms with E-state index in [1.807, 2.05) is 0 Å². The van der Waals surface area contributed by atoms with E-state index in [2.05, 4.69) is 21.2 Å². The molecule has 1 aliphatic rings. The summed E-state index contributed by atoms with van der Waals surface area (Å²) in [6.45, 7) is 3.30. The van der Waals surface area contributed by atoms with Gasteiger partial charge in [-0.15, -0.1) is 0 Å². The number of carbonyl (C=O) groups excluding carboxylic acids is 2. The number of thiocarbonyl (C=S) groups is 1. The van der Waals surface area contributed by atoms with Crippen LogP contribution in [0.3, 0.4) is 0 Å². The first-order chi connectivity index (χ1) is 20.3. The number of esters is 1. The van der Waals surface area contributed by atoms with Crippen molar-refractivity contribution in [1.82, 2.24) is 16.1 Å². The van der Waals surface area contributed by atoms with Gasteiger partial charge in [-0.2, -0.15) is 5.10 Å². The Labute approximate surface area is 252 Å². The second kappa shape index (κ2) is 14.4. The first kappa shape index (κ1) is 30.5. The standard InChI is InChI=1S/C30H28ClFN4O5S/c1-3-39-29(38)27-18(2)34-30(42)35-28(27)22-9-5-7-11-25(22)41-17-26(37)36-33-15-20-14-21(31)12-13-24(20)40-16-19-8-4-6-10-23(19)32/h4-15,28H,3,16-17H2,1-2H3,(H,36,37)(H2,34,35,42)/t28-/m1/s1. The topological polar surface area (TPSA) is 110 Å². The highest BCUT2D eigenvalue weighted by atomic mass is 35.5. The van der Waals surface area contributed by atoms with Crippen LogP contribution in [-0.2, 0) is 20.9 Å². The number of allylic oxidation sites excluding steroid dienone is 1. The molecule has 42 heavy (non-hydrogen) atoms. The third-order valence-corrected chi connectivity index (χ3v) is 6.51. The molecule has 0 radical (unpaired) electrons. The third kappa shape index (κ3) is 7.83. The molecule has 1 atom stereocenters. The van der Waals surface area contributed by atoms with E-state index in [4.69, 9.17) is 38.0 Å². The van der Waals surface area contributed by atoms with Crippen molar-refractivity contribution in [2.24, 2.45) is 5.10 Å². The molecule has 0 spiro atoms. The van der Waals surface area contributed by atoms with Crippen LogP contribution in [0.15, 0.2) is 83.1 Å². The zero-order valence-corrected chi connectivity index (χ0v) is 24.4. The molecule has 218 valence electrons. The van der Waals surface area contributed by atoms with E-state index in [1.54, 1.807) is 74.5 Å². The number of halogens is 2. The fourth-order valence-corrected chi connectivity index (χ4v) is 4.58. The first-order valence-electron chi connectivity index (χ1n) is 12.9. The molecule has 0 fully saturated rings. The number of hydrogen-bond acceptors (Lipinski definition) is 7. The van der Waals surface area contributed by atoms with E-state index in [0.29, 0.717) is 49.6 Å². The van der Waals surface area contributed by atoms with E-state index in [9.17, 15) is 14.0 Å². The summed E-state index contributed by atoms with van der Waals surface area (Å²) in [5.41, 5.74) is 4.78. The minimum atomic E-state index is -0.652. The molecule has 0 bridgehead atoms. The van der Waals surface area contributed by atoms with E-state index in [0.717, 1.165) is 0 Å². The van der Waals surface area contributed by atoms with Gasteiger partial charge in [0.05, 0.1) is 24.4 Å². The average molecular weight is 611 g/mol. The number of carbonyl (C=O) groups is 2. The number of nitrogens with zero attached hydrogens (tertiary/aromatic N) is 1. The number of rotatable bonds is 11. The van der Waals surface area contributed by atoms with Gasteiger partial charge in [-0.05, 0) is 56.4 Å². The highest BCUT2D eigenvalue weighted by Crippen LogP contribution is 2.33. The van der Waals surface area contributed by atoms with Crippen molar-refractivity contribution in [3.05, 3.63) is 106 Å². The smallest absolute Gasteiger partial charge is 0.338 e. The van der Waals surface area contributed by atoms with Crippen LogP contribution in [0.5, 0.6) is 11.5 Å². The van der Waals surface area contributed by atoms with E-state index in [1.165, 1.54) is 12.3 Å². The zero-order valence-electron chi connectivity index (χ0n) is 22.8. The Morgan fingerprint density at radius 3 is 2.64 bits per heavy atom. The molecular weight excluding hydrogens is 583 g/mol. The monoisotopic (exact) mass is 610 g/mol. The summed E-state index contributed by atoms with van der Waals surface area (Å²) in [5, 5.41) is 10.8. The second-order valence-electron chi connectivity index (χ2n) is 8.97. The van der Waals surface area contributed by atoms with Gasteiger partial charge in [0, 0.05) is 27.4 Å². The van der Waals surface area contributed by atoms with Gasteiger partial charge in [0.25, 0.3) is 5.91 Å². The van der Waals surface area contributed by atoms with Crippen molar-refractivity contribution < 1.29 is 28.2 Å². The van der Waals surface area contributed by atoms with Crippen LogP contribution in [0.1, 0.15) is 36.6 Å². The largest absolute Gasteiger partial charge is 0.488 e. The lowest BCUT2D eigenvalue weighted by Gasteiger charge is -2.30. The molecule has 4 rings (SSSR count). The fraction of sp³-hybridized carbons (Fsp3) is 0.200.